The van der Waals surface area contributed by atoms with Crippen molar-refractivity contribution >= 4 is 11.9 Å². The minimum absolute atomic E-state index is 0.0528. The first kappa shape index (κ1) is 14.9. The van der Waals surface area contributed by atoms with E-state index in [-0.39, 0.29) is 23.5 Å². The molecule has 0 unspecified atom stereocenters. The maximum absolute atomic E-state index is 13.0. The fraction of sp³-hybridized carbons (Fsp3) is 0. The largest absolute Gasteiger partial charge is 0.459 e. The Morgan fingerprint density at radius 3 is 2.56 bits per heavy atom. The Balaban J connectivity index is 1.49. The highest BCUT2D eigenvalue weighted by Crippen LogP contribution is 2.24. The smallest absolute Gasteiger partial charge is 0.323 e. The first-order chi connectivity index (χ1) is 12.2. The van der Waals surface area contributed by atoms with Gasteiger partial charge in [0.15, 0.2) is 11.5 Å². The van der Waals surface area contributed by atoms with Crippen molar-refractivity contribution in [3.8, 4) is 23.0 Å². The van der Waals surface area contributed by atoms with Gasteiger partial charge in [-0.25, -0.2) is 4.39 Å². The molecule has 0 saturated carbocycles. The lowest BCUT2D eigenvalue weighted by molar-refractivity contribution is 0.0994. The van der Waals surface area contributed by atoms with Crippen molar-refractivity contribution in [2.75, 3.05) is 5.32 Å². The van der Waals surface area contributed by atoms with Gasteiger partial charge in [-0.15, -0.1) is 5.10 Å². The third kappa shape index (κ3) is 3.05. The normalized spacial score (nSPS) is 10.8. The number of nitrogens with one attached hydrogen (secondary N) is 1. The number of halogens is 1. The number of furan rings is 2. The standard InChI is InChI=1S/C17H10FN3O4/c18-11-5-3-10(4-6-11)12-7-8-13(24-12)15(22)19-17-21-20-16(25-17)14-2-1-9-23-14/h1-9H,(H,19,21,22). The molecule has 4 rings (SSSR count). The number of rotatable bonds is 4. The number of carbonyl (C=O) groups excluding carboxylic acids is 1. The van der Waals surface area contributed by atoms with Gasteiger partial charge in [0.2, 0.25) is 0 Å². The maximum atomic E-state index is 13.0. The van der Waals surface area contributed by atoms with Gasteiger partial charge >= 0.3 is 6.01 Å². The highest BCUT2D eigenvalue weighted by molar-refractivity contribution is 6.01. The van der Waals surface area contributed by atoms with Gasteiger partial charge in [0.25, 0.3) is 11.8 Å². The molecule has 4 aromatic rings. The monoisotopic (exact) mass is 339 g/mol. The van der Waals surface area contributed by atoms with Crippen LogP contribution in [0.25, 0.3) is 23.0 Å². The van der Waals surface area contributed by atoms with E-state index in [0.29, 0.717) is 17.1 Å². The Labute approximate surface area is 140 Å². The highest BCUT2D eigenvalue weighted by atomic mass is 19.1. The van der Waals surface area contributed by atoms with Gasteiger partial charge in [0.1, 0.15) is 11.6 Å². The van der Waals surface area contributed by atoms with Crippen LogP contribution in [-0.4, -0.2) is 16.1 Å². The van der Waals surface area contributed by atoms with Crippen molar-refractivity contribution in [1.82, 2.24) is 10.2 Å². The molecule has 0 radical (unpaired) electrons. The van der Waals surface area contributed by atoms with Crippen LogP contribution in [0.3, 0.4) is 0 Å². The number of amides is 1. The molecule has 1 amide bonds. The number of nitrogens with zero attached hydrogens (tertiary/aromatic N) is 2. The van der Waals surface area contributed by atoms with Gasteiger partial charge in [0.05, 0.1) is 6.26 Å². The summed E-state index contributed by atoms with van der Waals surface area (Å²) >= 11 is 0. The van der Waals surface area contributed by atoms with Crippen LogP contribution in [0.4, 0.5) is 10.4 Å². The van der Waals surface area contributed by atoms with Crippen LogP contribution in [0.5, 0.6) is 0 Å². The second-order valence-corrected chi connectivity index (χ2v) is 5.01. The average Bonchev–Trinajstić information content (AvgIpc) is 3.36. The molecule has 1 N–H and O–H groups in total. The summed E-state index contributed by atoms with van der Waals surface area (Å²) in [7, 11) is 0. The molecule has 0 aliphatic heterocycles. The van der Waals surface area contributed by atoms with Crippen molar-refractivity contribution in [3.05, 3.63) is 66.4 Å². The van der Waals surface area contributed by atoms with E-state index in [1.165, 1.54) is 24.5 Å². The minimum atomic E-state index is -0.553. The van der Waals surface area contributed by atoms with E-state index in [1.807, 2.05) is 0 Å². The van der Waals surface area contributed by atoms with Crippen molar-refractivity contribution < 1.29 is 22.4 Å². The minimum Gasteiger partial charge on any atom is -0.459 e. The summed E-state index contributed by atoms with van der Waals surface area (Å²) in [5.74, 6) is 0.125. The lowest BCUT2D eigenvalue weighted by Crippen LogP contribution is -2.11. The molecular formula is C17H10FN3O4. The molecule has 0 bridgehead atoms. The molecule has 25 heavy (non-hydrogen) atoms. The van der Waals surface area contributed by atoms with Gasteiger partial charge < -0.3 is 13.3 Å². The van der Waals surface area contributed by atoms with Gasteiger partial charge in [-0.1, -0.05) is 5.10 Å². The second-order valence-electron chi connectivity index (χ2n) is 5.01. The van der Waals surface area contributed by atoms with Crippen LogP contribution < -0.4 is 5.32 Å². The molecule has 124 valence electrons. The summed E-state index contributed by atoms with van der Waals surface area (Å²) in [6.07, 6.45) is 1.47. The van der Waals surface area contributed by atoms with Crippen molar-refractivity contribution in [3.63, 3.8) is 0 Å². The molecule has 3 heterocycles. The summed E-state index contributed by atoms with van der Waals surface area (Å²) in [5, 5.41) is 9.94. The molecule has 0 spiro atoms. The lowest BCUT2D eigenvalue weighted by atomic mass is 10.2. The van der Waals surface area contributed by atoms with E-state index in [0.717, 1.165) is 0 Å². The summed E-state index contributed by atoms with van der Waals surface area (Å²) in [5.41, 5.74) is 0.651. The fourth-order valence-corrected chi connectivity index (χ4v) is 2.16. The molecule has 0 aliphatic carbocycles. The highest BCUT2D eigenvalue weighted by Gasteiger charge is 2.17. The van der Waals surface area contributed by atoms with Crippen LogP contribution in [-0.2, 0) is 0 Å². The third-order valence-corrected chi connectivity index (χ3v) is 3.34. The van der Waals surface area contributed by atoms with Gasteiger partial charge in [0, 0.05) is 5.56 Å². The molecule has 1 aromatic carbocycles. The Morgan fingerprint density at radius 1 is 0.960 bits per heavy atom. The average molecular weight is 339 g/mol. The van der Waals surface area contributed by atoms with Crippen LogP contribution in [0.2, 0.25) is 0 Å². The zero-order chi connectivity index (χ0) is 17.2. The van der Waals surface area contributed by atoms with Crippen LogP contribution >= 0.6 is 0 Å². The Morgan fingerprint density at radius 2 is 1.80 bits per heavy atom. The first-order valence-corrected chi connectivity index (χ1v) is 7.23. The number of aromatic nitrogens is 2. The van der Waals surface area contributed by atoms with E-state index in [9.17, 15) is 9.18 Å². The van der Waals surface area contributed by atoms with Crippen LogP contribution in [0, 0.1) is 5.82 Å². The molecule has 0 aliphatic rings. The van der Waals surface area contributed by atoms with Gasteiger partial charge in [-0.05, 0) is 48.5 Å². The summed E-state index contributed by atoms with van der Waals surface area (Å²) in [6, 6.07) is 12.1. The predicted octanol–water partition coefficient (Wildman–Crippen LogP) is 3.98. The number of benzene rings is 1. The van der Waals surface area contributed by atoms with E-state index in [2.05, 4.69) is 15.5 Å². The summed E-state index contributed by atoms with van der Waals surface area (Å²) < 4.78 is 28.9. The molecule has 3 aromatic heterocycles. The first-order valence-electron chi connectivity index (χ1n) is 7.23. The van der Waals surface area contributed by atoms with E-state index in [1.54, 1.807) is 30.3 Å². The topological polar surface area (TPSA) is 94.3 Å². The second kappa shape index (κ2) is 6.08. The van der Waals surface area contributed by atoms with E-state index in [4.69, 9.17) is 13.3 Å². The summed E-state index contributed by atoms with van der Waals surface area (Å²) in [6.45, 7) is 0. The zero-order valence-electron chi connectivity index (χ0n) is 12.6. The Bertz CT molecular complexity index is 1000. The number of hydrogen-bond acceptors (Lipinski definition) is 6. The molecule has 0 atom stereocenters. The summed E-state index contributed by atoms with van der Waals surface area (Å²) in [4.78, 5) is 12.2. The van der Waals surface area contributed by atoms with E-state index < -0.39 is 5.91 Å². The molecular weight excluding hydrogens is 329 g/mol. The molecule has 7 nitrogen and oxygen atoms in total. The lowest BCUT2D eigenvalue weighted by Gasteiger charge is -1.98. The molecule has 0 saturated heterocycles. The molecule has 8 heteroatoms. The fourth-order valence-electron chi connectivity index (χ4n) is 2.16. The Kier molecular flexibility index (Phi) is 3.62. The van der Waals surface area contributed by atoms with Crippen molar-refractivity contribution in [1.29, 1.82) is 0 Å². The van der Waals surface area contributed by atoms with Gasteiger partial charge in [-0.3, -0.25) is 10.1 Å². The van der Waals surface area contributed by atoms with Crippen molar-refractivity contribution in [2.45, 2.75) is 0 Å². The number of hydrogen-bond donors (Lipinski definition) is 1. The Hall–Kier alpha value is -3.68. The maximum Gasteiger partial charge on any atom is 0.323 e. The van der Waals surface area contributed by atoms with E-state index >= 15 is 0 Å². The SMILES string of the molecule is O=C(Nc1nnc(-c2ccco2)o1)c1ccc(-c2ccc(F)cc2)o1. The number of anilines is 1. The van der Waals surface area contributed by atoms with Gasteiger partial charge in [-0.2, -0.15) is 0 Å². The quantitative estimate of drug-likeness (QED) is 0.604. The van der Waals surface area contributed by atoms with Crippen molar-refractivity contribution in [2.24, 2.45) is 0 Å². The van der Waals surface area contributed by atoms with Crippen LogP contribution in [0.1, 0.15) is 10.6 Å². The van der Waals surface area contributed by atoms with Crippen LogP contribution in [0.15, 0.2) is 68.0 Å². The third-order valence-electron chi connectivity index (χ3n) is 3.34. The zero-order valence-corrected chi connectivity index (χ0v) is 12.6. The number of carbonyl (C=O) groups is 1. The predicted molar refractivity (Wildman–Crippen MR) is 84.1 cm³/mol. The molecule has 0 fully saturated rings.